The van der Waals surface area contributed by atoms with E-state index in [0.29, 0.717) is 5.88 Å². The minimum Gasteiger partial charge on any atom is -0.480 e. The molecule has 2 saturated carbocycles. The zero-order chi connectivity index (χ0) is 13.2. The van der Waals surface area contributed by atoms with E-state index in [0.717, 1.165) is 29.9 Å². The summed E-state index contributed by atoms with van der Waals surface area (Å²) in [6.45, 7) is 0. The van der Waals surface area contributed by atoms with E-state index in [1.54, 1.807) is 19.5 Å². The van der Waals surface area contributed by atoms with Crippen LogP contribution in [0.3, 0.4) is 0 Å². The maximum Gasteiger partial charge on any atom is 0.236 e. The predicted molar refractivity (Wildman–Crippen MR) is 73.9 cm³/mol. The molecule has 4 nitrogen and oxygen atoms in total. The Balaban J connectivity index is 1.73. The Morgan fingerprint density at radius 2 is 2.16 bits per heavy atom. The second-order valence-electron chi connectivity index (χ2n) is 5.96. The molecule has 1 aromatic heterocycles. The second kappa shape index (κ2) is 5.45. The minimum absolute atomic E-state index is 0.257. The number of fused-ring (bicyclic) bond motifs is 2. The van der Waals surface area contributed by atoms with Crippen LogP contribution in [0.15, 0.2) is 12.4 Å². The van der Waals surface area contributed by atoms with Crippen molar-refractivity contribution in [2.75, 3.05) is 14.2 Å². The summed E-state index contributed by atoms with van der Waals surface area (Å²) >= 11 is 0. The number of nitrogens with zero attached hydrogens (tertiary/aromatic N) is 2. The monoisotopic (exact) mass is 261 g/mol. The molecule has 1 aromatic rings. The maximum absolute atomic E-state index is 5.34. The zero-order valence-electron chi connectivity index (χ0n) is 11.8. The van der Waals surface area contributed by atoms with Crippen LogP contribution in [-0.4, -0.2) is 24.1 Å². The lowest BCUT2D eigenvalue weighted by molar-refractivity contribution is 0.277. The van der Waals surface area contributed by atoms with Gasteiger partial charge in [-0.2, -0.15) is 0 Å². The molecule has 2 aliphatic carbocycles. The van der Waals surface area contributed by atoms with Crippen molar-refractivity contribution in [3.63, 3.8) is 0 Å². The lowest BCUT2D eigenvalue weighted by Gasteiger charge is -2.26. The molecule has 0 saturated heterocycles. The Labute approximate surface area is 115 Å². The van der Waals surface area contributed by atoms with Crippen LogP contribution in [0.5, 0.6) is 5.88 Å². The largest absolute Gasteiger partial charge is 0.480 e. The van der Waals surface area contributed by atoms with Crippen molar-refractivity contribution >= 4 is 0 Å². The van der Waals surface area contributed by atoms with Crippen molar-refractivity contribution in [3.8, 4) is 5.88 Å². The molecule has 4 unspecified atom stereocenters. The number of nitrogens with one attached hydrogen (secondary N) is 1. The molecule has 1 heterocycles. The van der Waals surface area contributed by atoms with Gasteiger partial charge in [0.25, 0.3) is 0 Å². The van der Waals surface area contributed by atoms with Crippen LogP contribution in [0.25, 0.3) is 0 Å². The molecule has 4 heteroatoms. The molecular formula is C15H23N3O. The van der Waals surface area contributed by atoms with E-state index in [1.165, 1.54) is 25.7 Å². The molecule has 104 valence electrons. The average Bonchev–Trinajstić information content (AvgIpc) is 3.07. The Morgan fingerprint density at radius 3 is 2.79 bits per heavy atom. The second-order valence-corrected chi connectivity index (χ2v) is 5.96. The number of ether oxygens (including phenoxy) is 1. The fraction of sp³-hybridized carbons (Fsp3) is 0.733. The summed E-state index contributed by atoms with van der Waals surface area (Å²) in [6, 6.07) is 0.257. The molecule has 19 heavy (non-hydrogen) atoms. The molecular weight excluding hydrogens is 238 g/mol. The van der Waals surface area contributed by atoms with Gasteiger partial charge in [-0.1, -0.05) is 6.42 Å². The van der Waals surface area contributed by atoms with Crippen LogP contribution < -0.4 is 10.1 Å². The van der Waals surface area contributed by atoms with Gasteiger partial charge in [0.05, 0.1) is 13.2 Å². The first-order valence-corrected chi connectivity index (χ1v) is 7.34. The standard InChI is InChI=1S/C15H23N3O/c1-16-13(14-15(19-2)18-6-5-17-14)9-12-8-10-3-4-11(12)7-10/h5-6,10-13,16H,3-4,7-9H2,1-2H3. The van der Waals surface area contributed by atoms with Gasteiger partial charge in [-0.25, -0.2) is 4.98 Å². The Morgan fingerprint density at radius 1 is 1.32 bits per heavy atom. The van der Waals surface area contributed by atoms with Crippen molar-refractivity contribution in [3.05, 3.63) is 18.1 Å². The van der Waals surface area contributed by atoms with Gasteiger partial charge in [0.1, 0.15) is 5.69 Å². The number of rotatable bonds is 5. The van der Waals surface area contributed by atoms with E-state index in [2.05, 4.69) is 15.3 Å². The first-order chi connectivity index (χ1) is 9.31. The Kier molecular flexibility index (Phi) is 3.69. The molecule has 3 rings (SSSR count). The van der Waals surface area contributed by atoms with Gasteiger partial charge in [-0.3, -0.25) is 4.98 Å². The van der Waals surface area contributed by atoms with Crippen LogP contribution in [0, 0.1) is 17.8 Å². The summed E-state index contributed by atoms with van der Waals surface area (Å²) in [5.41, 5.74) is 0.954. The molecule has 0 aliphatic heterocycles. The van der Waals surface area contributed by atoms with Crippen molar-refractivity contribution in [2.45, 2.75) is 38.1 Å². The third-order valence-electron chi connectivity index (χ3n) is 4.99. The van der Waals surface area contributed by atoms with Gasteiger partial charge in [0.2, 0.25) is 5.88 Å². The molecule has 0 amide bonds. The zero-order valence-corrected chi connectivity index (χ0v) is 11.8. The molecule has 4 atom stereocenters. The van der Waals surface area contributed by atoms with E-state index < -0.39 is 0 Å². The third-order valence-corrected chi connectivity index (χ3v) is 4.99. The van der Waals surface area contributed by atoms with Crippen molar-refractivity contribution in [1.29, 1.82) is 0 Å². The van der Waals surface area contributed by atoms with Crippen molar-refractivity contribution < 1.29 is 4.74 Å². The third kappa shape index (κ3) is 2.46. The van der Waals surface area contributed by atoms with Gasteiger partial charge in [0, 0.05) is 12.4 Å². The average molecular weight is 261 g/mol. The number of aromatic nitrogens is 2. The van der Waals surface area contributed by atoms with E-state index in [9.17, 15) is 0 Å². The molecule has 2 fully saturated rings. The topological polar surface area (TPSA) is 47.0 Å². The van der Waals surface area contributed by atoms with Gasteiger partial charge < -0.3 is 10.1 Å². The first kappa shape index (κ1) is 12.9. The molecule has 0 radical (unpaired) electrons. The van der Waals surface area contributed by atoms with E-state index in [-0.39, 0.29) is 6.04 Å². The highest BCUT2D eigenvalue weighted by Crippen LogP contribution is 2.51. The highest BCUT2D eigenvalue weighted by atomic mass is 16.5. The lowest BCUT2D eigenvalue weighted by Crippen LogP contribution is -2.24. The van der Waals surface area contributed by atoms with Crippen molar-refractivity contribution in [1.82, 2.24) is 15.3 Å². The summed E-state index contributed by atoms with van der Waals surface area (Å²) in [7, 11) is 3.67. The van der Waals surface area contributed by atoms with Gasteiger partial charge in [0.15, 0.2) is 0 Å². The lowest BCUT2D eigenvalue weighted by atomic mass is 9.83. The van der Waals surface area contributed by atoms with Crippen molar-refractivity contribution in [2.24, 2.45) is 17.8 Å². The van der Waals surface area contributed by atoms with Crippen LogP contribution >= 0.6 is 0 Å². The number of hydrogen-bond donors (Lipinski definition) is 1. The van der Waals surface area contributed by atoms with E-state index in [4.69, 9.17) is 4.74 Å². The summed E-state index contributed by atoms with van der Waals surface area (Å²) in [5, 5.41) is 3.40. The summed E-state index contributed by atoms with van der Waals surface area (Å²) < 4.78 is 5.34. The van der Waals surface area contributed by atoms with Crippen LogP contribution in [0.2, 0.25) is 0 Å². The van der Waals surface area contributed by atoms with Crippen LogP contribution in [-0.2, 0) is 0 Å². The fourth-order valence-corrected chi connectivity index (χ4v) is 4.07. The van der Waals surface area contributed by atoms with Gasteiger partial charge in [-0.05, 0) is 50.5 Å². The number of hydrogen-bond acceptors (Lipinski definition) is 4. The first-order valence-electron chi connectivity index (χ1n) is 7.34. The van der Waals surface area contributed by atoms with Gasteiger partial charge >= 0.3 is 0 Å². The SMILES string of the molecule is CNC(CC1CC2CCC1C2)c1nccnc1OC. The minimum atomic E-state index is 0.257. The van der Waals surface area contributed by atoms with Crippen LogP contribution in [0.1, 0.15) is 43.8 Å². The summed E-state index contributed by atoms with van der Waals surface area (Å²) in [4.78, 5) is 8.74. The van der Waals surface area contributed by atoms with Gasteiger partial charge in [-0.15, -0.1) is 0 Å². The fourth-order valence-electron chi connectivity index (χ4n) is 4.07. The predicted octanol–water partition coefficient (Wildman–Crippen LogP) is 2.57. The Hall–Kier alpha value is -1.16. The highest BCUT2D eigenvalue weighted by molar-refractivity contribution is 5.21. The smallest absolute Gasteiger partial charge is 0.236 e. The molecule has 1 N–H and O–H groups in total. The Bertz CT molecular complexity index is 437. The quantitative estimate of drug-likeness (QED) is 0.885. The summed E-state index contributed by atoms with van der Waals surface area (Å²) in [6.07, 6.45) is 10.4. The highest BCUT2D eigenvalue weighted by Gasteiger charge is 2.40. The number of methoxy groups -OCH3 is 1. The maximum atomic E-state index is 5.34. The normalized spacial score (nSPS) is 30.5. The van der Waals surface area contributed by atoms with E-state index in [1.807, 2.05) is 7.05 Å². The van der Waals surface area contributed by atoms with Crippen LogP contribution in [0.4, 0.5) is 0 Å². The molecule has 2 bridgehead atoms. The molecule has 2 aliphatic rings. The summed E-state index contributed by atoms with van der Waals surface area (Å²) in [5.74, 6) is 3.45. The molecule has 0 spiro atoms. The van der Waals surface area contributed by atoms with E-state index >= 15 is 0 Å². The molecule has 0 aromatic carbocycles.